The van der Waals surface area contributed by atoms with E-state index in [2.05, 4.69) is 4.98 Å². The van der Waals surface area contributed by atoms with E-state index in [1.54, 1.807) is 35.9 Å². The van der Waals surface area contributed by atoms with Gasteiger partial charge in [-0.25, -0.2) is 4.98 Å². The lowest BCUT2D eigenvalue weighted by Crippen LogP contribution is -2.31. The molecule has 8 heteroatoms. The number of furan rings is 1. The van der Waals surface area contributed by atoms with Gasteiger partial charge in [-0.2, -0.15) is 0 Å². The number of likely N-dealkylation sites (N-methyl/N-ethyl adjacent to an activating group) is 1. The topological polar surface area (TPSA) is 94.6 Å². The Morgan fingerprint density at radius 2 is 2.03 bits per heavy atom. The van der Waals surface area contributed by atoms with Crippen LogP contribution in [0.15, 0.2) is 51.9 Å². The van der Waals surface area contributed by atoms with Crippen molar-refractivity contribution in [2.45, 2.75) is 38.3 Å². The summed E-state index contributed by atoms with van der Waals surface area (Å²) in [5, 5.41) is 0.584. The van der Waals surface area contributed by atoms with E-state index in [1.165, 1.54) is 11.2 Å². The largest absolute Gasteiger partial charge is 0.467 e. The van der Waals surface area contributed by atoms with E-state index >= 15 is 0 Å². The van der Waals surface area contributed by atoms with Crippen LogP contribution in [0.1, 0.15) is 36.9 Å². The minimum atomic E-state index is -0.500. The van der Waals surface area contributed by atoms with Crippen molar-refractivity contribution in [2.24, 2.45) is 0 Å². The highest BCUT2D eigenvalue weighted by atomic mass is 16.5. The maximum Gasteiger partial charge on any atom is 0.306 e. The lowest BCUT2D eigenvalue weighted by Gasteiger charge is -2.16. The Labute approximate surface area is 173 Å². The van der Waals surface area contributed by atoms with E-state index in [1.807, 2.05) is 12.1 Å². The molecule has 0 radical (unpaired) electrons. The van der Waals surface area contributed by atoms with Gasteiger partial charge in [0.1, 0.15) is 11.6 Å². The van der Waals surface area contributed by atoms with Gasteiger partial charge in [-0.05, 0) is 37.1 Å². The first-order chi connectivity index (χ1) is 14.5. The number of aromatic nitrogens is 2. The van der Waals surface area contributed by atoms with E-state index in [9.17, 15) is 14.4 Å². The van der Waals surface area contributed by atoms with E-state index in [4.69, 9.17) is 9.15 Å². The number of amides is 1. The second-order valence-electron chi connectivity index (χ2n) is 7.44. The maximum absolute atomic E-state index is 12.8. The van der Waals surface area contributed by atoms with Crippen molar-refractivity contribution >= 4 is 22.8 Å². The number of aryl methyl sites for hydroxylation is 1. The molecule has 0 N–H and O–H groups in total. The van der Waals surface area contributed by atoms with Crippen LogP contribution in [-0.2, 0) is 27.3 Å². The number of carbonyl (C=O) groups excluding carboxylic acids is 2. The summed E-state index contributed by atoms with van der Waals surface area (Å²) in [6, 6.07) is 10.9. The van der Waals surface area contributed by atoms with Crippen LogP contribution in [0.5, 0.6) is 0 Å². The van der Waals surface area contributed by atoms with Gasteiger partial charge in [-0.3, -0.25) is 19.0 Å². The van der Waals surface area contributed by atoms with Gasteiger partial charge in [0, 0.05) is 19.5 Å². The predicted molar refractivity (Wildman–Crippen MR) is 109 cm³/mol. The molecule has 2 heterocycles. The van der Waals surface area contributed by atoms with Crippen LogP contribution >= 0.6 is 0 Å². The van der Waals surface area contributed by atoms with Gasteiger partial charge in [0.15, 0.2) is 6.61 Å². The summed E-state index contributed by atoms with van der Waals surface area (Å²) in [4.78, 5) is 43.2. The number of nitrogens with zero attached hydrogens (tertiary/aromatic N) is 3. The Balaban J connectivity index is 1.36. The molecule has 4 rings (SSSR count). The summed E-state index contributed by atoms with van der Waals surface area (Å²) < 4.78 is 12.0. The fourth-order valence-corrected chi connectivity index (χ4v) is 3.34. The highest BCUT2D eigenvalue weighted by Gasteiger charge is 2.28. The standard InChI is InChI=1S/C22H23N3O5/c1-24(13-16-5-4-12-29-16)20(26)14-30-21(27)11-10-19-23-18-7-3-2-6-17(18)22(28)25(19)15-8-9-15/h2-7,12,15H,8-11,13-14H2,1H3. The third-order valence-corrected chi connectivity index (χ3v) is 5.10. The molecule has 1 saturated carbocycles. The fourth-order valence-electron chi connectivity index (χ4n) is 3.34. The molecule has 0 saturated heterocycles. The smallest absolute Gasteiger partial charge is 0.306 e. The van der Waals surface area contributed by atoms with Crippen molar-refractivity contribution in [3.8, 4) is 0 Å². The van der Waals surface area contributed by atoms with Crippen LogP contribution in [0.2, 0.25) is 0 Å². The molecule has 156 valence electrons. The van der Waals surface area contributed by atoms with Gasteiger partial charge < -0.3 is 14.1 Å². The molecule has 1 aliphatic carbocycles. The Hall–Kier alpha value is -3.42. The number of benzene rings is 1. The third-order valence-electron chi connectivity index (χ3n) is 5.10. The number of para-hydroxylation sites is 1. The zero-order chi connectivity index (χ0) is 21.1. The summed E-state index contributed by atoms with van der Waals surface area (Å²) >= 11 is 0. The van der Waals surface area contributed by atoms with Gasteiger partial charge >= 0.3 is 5.97 Å². The zero-order valence-corrected chi connectivity index (χ0v) is 16.7. The zero-order valence-electron chi connectivity index (χ0n) is 16.7. The molecule has 0 spiro atoms. The van der Waals surface area contributed by atoms with Crippen molar-refractivity contribution in [3.63, 3.8) is 0 Å². The molecule has 0 bridgehead atoms. The SMILES string of the molecule is CN(Cc1ccco1)C(=O)COC(=O)CCc1nc2ccccc2c(=O)n1C1CC1. The van der Waals surface area contributed by atoms with Gasteiger partial charge in [0.25, 0.3) is 11.5 Å². The molecule has 3 aromatic rings. The number of rotatable bonds is 8. The highest BCUT2D eigenvalue weighted by molar-refractivity contribution is 5.80. The number of esters is 1. The first kappa shape index (κ1) is 19.9. The van der Waals surface area contributed by atoms with Crippen LogP contribution in [-0.4, -0.2) is 40.0 Å². The van der Waals surface area contributed by atoms with Crippen molar-refractivity contribution in [3.05, 3.63) is 64.6 Å². The van der Waals surface area contributed by atoms with Crippen LogP contribution < -0.4 is 5.56 Å². The number of ether oxygens (including phenoxy) is 1. The Morgan fingerprint density at radius 1 is 1.23 bits per heavy atom. The number of fused-ring (bicyclic) bond motifs is 1. The molecule has 0 aliphatic heterocycles. The fraction of sp³-hybridized carbons (Fsp3) is 0.364. The second-order valence-corrected chi connectivity index (χ2v) is 7.44. The summed E-state index contributed by atoms with van der Waals surface area (Å²) in [6.07, 6.45) is 3.75. The minimum absolute atomic E-state index is 0.0483. The third kappa shape index (κ3) is 4.42. The van der Waals surface area contributed by atoms with Crippen molar-refractivity contribution in [1.82, 2.24) is 14.5 Å². The number of hydrogen-bond acceptors (Lipinski definition) is 6. The molecule has 1 fully saturated rings. The molecule has 1 amide bonds. The summed E-state index contributed by atoms with van der Waals surface area (Å²) in [6.45, 7) is -0.0331. The molecule has 30 heavy (non-hydrogen) atoms. The lowest BCUT2D eigenvalue weighted by molar-refractivity contribution is -0.151. The van der Waals surface area contributed by atoms with Crippen molar-refractivity contribution in [2.75, 3.05) is 13.7 Å². The van der Waals surface area contributed by atoms with Crippen molar-refractivity contribution in [1.29, 1.82) is 0 Å². The molecule has 0 unspecified atom stereocenters. The molecule has 1 aliphatic rings. The van der Waals surface area contributed by atoms with Crippen LogP contribution in [0, 0.1) is 0 Å². The summed E-state index contributed by atoms with van der Waals surface area (Å²) in [7, 11) is 1.62. The number of carbonyl (C=O) groups is 2. The monoisotopic (exact) mass is 409 g/mol. The highest BCUT2D eigenvalue weighted by Crippen LogP contribution is 2.34. The molecular weight excluding hydrogens is 386 g/mol. The maximum atomic E-state index is 12.8. The van der Waals surface area contributed by atoms with E-state index in [0.29, 0.717) is 29.0 Å². The first-order valence-electron chi connectivity index (χ1n) is 9.95. The predicted octanol–water partition coefficient (Wildman–Crippen LogP) is 2.46. The van der Waals surface area contributed by atoms with Gasteiger partial charge in [-0.15, -0.1) is 0 Å². The van der Waals surface area contributed by atoms with Crippen LogP contribution in [0.25, 0.3) is 10.9 Å². The molecule has 2 aromatic heterocycles. The van der Waals surface area contributed by atoms with Gasteiger partial charge in [0.2, 0.25) is 0 Å². The van der Waals surface area contributed by atoms with Crippen molar-refractivity contribution < 1.29 is 18.7 Å². The lowest BCUT2D eigenvalue weighted by atomic mass is 10.2. The molecular formula is C22H23N3O5. The van der Waals surface area contributed by atoms with Crippen LogP contribution in [0.3, 0.4) is 0 Å². The quantitative estimate of drug-likeness (QED) is 0.531. The normalized spacial score (nSPS) is 13.4. The molecule has 0 atom stereocenters. The second kappa shape index (κ2) is 8.52. The van der Waals surface area contributed by atoms with Gasteiger partial charge in [-0.1, -0.05) is 12.1 Å². The summed E-state index contributed by atoms with van der Waals surface area (Å²) in [5.74, 6) is 0.412. The number of hydrogen-bond donors (Lipinski definition) is 0. The van der Waals surface area contributed by atoms with Gasteiger partial charge in [0.05, 0.1) is 30.1 Å². The minimum Gasteiger partial charge on any atom is -0.467 e. The Kier molecular flexibility index (Phi) is 5.65. The van der Waals surface area contributed by atoms with E-state index < -0.39 is 5.97 Å². The summed E-state index contributed by atoms with van der Waals surface area (Å²) in [5.41, 5.74) is 0.554. The molecule has 8 nitrogen and oxygen atoms in total. The first-order valence-corrected chi connectivity index (χ1v) is 9.95. The van der Waals surface area contributed by atoms with Crippen LogP contribution in [0.4, 0.5) is 0 Å². The average molecular weight is 409 g/mol. The Bertz CT molecular complexity index is 1120. The van der Waals surface area contributed by atoms with E-state index in [-0.39, 0.29) is 37.0 Å². The average Bonchev–Trinajstić information content (AvgIpc) is 3.45. The van der Waals surface area contributed by atoms with E-state index in [0.717, 1.165) is 12.8 Å². The Morgan fingerprint density at radius 3 is 2.77 bits per heavy atom. The molecule has 1 aromatic carbocycles.